The van der Waals surface area contributed by atoms with Crippen molar-refractivity contribution in [2.45, 2.75) is 25.7 Å². The fraction of sp³-hybridized carbons (Fsp3) is 0.571. The monoisotopic (exact) mass is 473 g/mol. The van der Waals surface area contributed by atoms with E-state index in [1.807, 2.05) is 36.6 Å². The summed E-state index contributed by atoms with van der Waals surface area (Å²) in [6.07, 6.45) is -4.35. The number of rotatable bonds is 2. The summed E-state index contributed by atoms with van der Waals surface area (Å²) in [5.41, 5.74) is 1.45. The van der Waals surface area contributed by atoms with Crippen LogP contribution in [-0.2, 0) is 6.54 Å². The molecule has 0 saturated carbocycles. The number of aromatic nitrogens is 3. The Kier molecular flexibility index (Phi) is 4.86. The van der Waals surface area contributed by atoms with Crippen LogP contribution in [0.4, 0.5) is 18.9 Å². The second-order valence-electron chi connectivity index (χ2n) is 6.03. The Hall–Kier alpha value is -0.810. The van der Waals surface area contributed by atoms with Crippen LogP contribution in [0, 0.1) is 3.70 Å². The fourth-order valence-electron chi connectivity index (χ4n) is 3.10. The molecule has 0 spiro atoms. The molecule has 0 N–H and O–H groups in total. The summed E-state index contributed by atoms with van der Waals surface area (Å²) < 4.78 is 40.2. The maximum Gasteiger partial charge on any atom is 0.408 e. The molecule has 1 aliphatic heterocycles. The molecular weight excluding hydrogens is 458 g/mol. The normalized spacial score (nSPS) is 20.1. The lowest BCUT2D eigenvalue weighted by molar-refractivity contribution is -0.141. The highest BCUT2D eigenvalue weighted by Crippen LogP contribution is 2.34. The van der Waals surface area contributed by atoms with Gasteiger partial charge in [0.2, 0.25) is 0 Å². The topological polar surface area (TPSA) is 37.2 Å². The third kappa shape index (κ3) is 3.57. The zero-order valence-corrected chi connectivity index (χ0v) is 16.0. The molecule has 1 saturated heterocycles. The van der Waals surface area contributed by atoms with Gasteiger partial charge in [-0.15, -0.1) is 0 Å². The van der Waals surface area contributed by atoms with Crippen molar-refractivity contribution in [1.82, 2.24) is 19.7 Å². The lowest BCUT2D eigenvalue weighted by Gasteiger charge is -2.40. The van der Waals surface area contributed by atoms with Gasteiger partial charge in [-0.2, -0.15) is 18.3 Å². The molecule has 5 nitrogen and oxygen atoms in total. The van der Waals surface area contributed by atoms with E-state index in [0.717, 1.165) is 17.8 Å². The molecular formula is C14H16ClF3IN5. The van der Waals surface area contributed by atoms with E-state index in [1.165, 1.54) is 0 Å². The van der Waals surface area contributed by atoms with Crippen LogP contribution in [-0.4, -0.2) is 58.6 Å². The molecule has 2 aromatic heterocycles. The van der Waals surface area contributed by atoms with E-state index < -0.39 is 12.7 Å². The van der Waals surface area contributed by atoms with Crippen LogP contribution >= 0.6 is 34.2 Å². The van der Waals surface area contributed by atoms with Crippen molar-refractivity contribution in [2.24, 2.45) is 0 Å². The number of hydrogen-bond donors (Lipinski definition) is 0. The summed E-state index contributed by atoms with van der Waals surface area (Å²) >= 11 is 8.02. The number of likely N-dealkylation sites (N-methyl/N-ethyl adjacent to an activating group) is 1. The second kappa shape index (κ2) is 6.49. The summed E-state index contributed by atoms with van der Waals surface area (Å²) in [5, 5.41) is 4.29. The van der Waals surface area contributed by atoms with Crippen LogP contribution in [0.3, 0.4) is 0 Å². The Bertz CT molecular complexity index is 763. The van der Waals surface area contributed by atoms with Crippen LogP contribution in [0.15, 0.2) is 6.07 Å². The van der Waals surface area contributed by atoms with E-state index in [9.17, 15) is 13.2 Å². The quantitative estimate of drug-likeness (QED) is 0.495. The minimum Gasteiger partial charge on any atom is -0.364 e. The molecule has 1 fully saturated rings. The van der Waals surface area contributed by atoms with Gasteiger partial charge in [0, 0.05) is 31.7 Å². The predicted octanol–water partition coefficient (Wildman–Crippen LogP) is 3.39. The van der Waals surface area contributed by atoms with E-state index in [4.69, 9.17) is 11.6 Å². The molecule has 0 aliphatic carbocycles. The molecule has 10 heteroatoms. The first-order valence-corrected chi connectivity index (χ1v) is 8.86. The minimum atomic E-state index is -4.35. The number of hydrogen-bond acceptors (Lipinski definition) is 4. The van der Waals surface area contributed by atoms with Gasteiger partial charge in [0.25, 0.3) is 0 Å². The molecule has 0 radical (unpaired) electrons. The molecule has 0 bridgehead atoms. The first kappa shape index (κ1) is 18.0. The van der Waals surface area contributed by atoms with Crippen LogP contribution in [0.25, 0.3) is 11.0 Å². The SMILES string of the molecule is C[C@@H]1CN(C)CCN1c1cc(Cl)nc2c(I)nn(CC(F)(F)F)c12. The van der Waals surface area contributed by atoms with Gasteiger partial charge >= 0.3 is 6.18 Å². The van der Waals surface area contributed by atoms with E-state index in [2.05, 4.69) is 19.9 Å². The largest absolute Gasteiger partial charge is 0.408 e. The molecule has 3 rings (SSSR count). The third-order valence-corrected chi connectivity index (χ3v) is 4.99. The summed E-state index contributed by atoms with van der Waals surface area (Å²) in [6.45, 7) is 3.26. The van der Waals surface area contributed by atoms with Crippen LogP contribution in [0.2, 0.25) is 5.15 Å². The Morgan fingerprint density at radius 1 is 1.38 bits per heavy atom. The van der Waals surface area contributed by atoms with Gasteiger partial charge in [-0.05, 0) is 36.6 Å². The molecule has 1 atom stereocenters. The smallest absolute Gasteiger partial charge is 0.364 e. The molecule has 0 amide bonds. The lowest BCUT2D eigenvalue weighted by atomic mass is 10.1. The Labute approximate surface area is 155 Å². The number of halogens is 5. The minimum absolute atomic E-state index is 0.150. The van der Waals surface area contributed by atoms with Crippen molar-refractivity contribution in [3.63, 3.8) is 0 Å². The van der Waals surface area contributed by atoms with Crippen molar-refractivity contribution in [3.05, 3.63) is 14.9 Å². The number of alkyl halides is 3. The molecule has 2 aromatic rings. The number of pyridine rings is 1. The maximum absolute atomic E-state index is 12.9. The molecule has 1 aliphatic rings. The number of fused-ring (bicyclic) bond motifs is 1. The number of nitrogens with zero attached hydrogens (tertiary/aromatic N) is 5. The summed E-state index contributed by atoms with van der Waals surface area (Å²) in [6, 6.07) is 1.79. The van der Waals surface area contributed by atoms with Gasteiger partial charge < -0.3 is 9.80 Å². The van der Waals surface area contributed by atoms with Gasteiger partial charge in [0.15, 0.2) is 0 Å². The molecule has 132 valence electrons. The highest BCUT2D eigenvalue weighted by Gasteiger charge is 2.32. The van der Waals surface area contributed by atoms with E-state index in [1.54, 1.807) is 6.07 Å². The Morgan fingerprint density at radius 3 is 2.71 bits per heavy atom. The highest BCUT2D eigenvalue weighted by molar-refractivity contribution is 14.1. The van der Waals surface area contributed by atoms with Crippen molar-refractivity contribution < 1.29 is 13.2 Å². The standard InChI is InChI=1S/C14H16ClF3IN5/c1-8-6-22(2)3-4-23(8)9-5-10(15)20-11-12(9)24(21-13(11)19)7-14(16,17)18/h5,8H,3-4,6-7H2,1-2H3/t8-/m1/s1. The highest BCUT2D eigenvalue weighted by atomic mass is 127. The summed E-state index contributed by atoms with van der Waals surface area (Å²) in [5.74, 6) is 0. The number of piperazine rings is 1. The molecule has 24 heavy (non-hydrogen) atoms. The summed E-state index contributed by atoms with van der Waals surface area (Å²) in [4.78, 5) is 8.47. The van der Waals surface area contributed by atoms with Crippen molar-refractivity contribution >= 4 is 50.9 Å². The Morgan fingerprint density at radius 2 is 2.08 bits per heavy atom. The van der Waals surface area contributed by atoms with Crippen LogP contribution in [0.1, 0.15) is 6.92 Å². The molecule has 3 heterocycles. The van der Waals surface area contributed by atoms with Gasteiger partial charge in [0.1, 0.15) is 26.4 Å². The average molecular weight is 474 g/mol. The lowest BCUT2D eigenvalue weighted by Crippen LogP contribution is -2.50. The number of anilines is 1. The first-order chi connectivity index (χ1) is 11.2. The fourth-order valence-corrected chi connectivity index (χ4v) is 3.92. The summed E-state index contributed by atoms with van der Waals surface area (Å²) in [7, 11) is 2.03. The first-order valence-electron chi connectivity index (χ1n) is 7.40. The van der Waals surface area contributed by atoms with Crippen LogP contribution < -0.4 is 4.90 Å². The van der Waals surface area contributed by atoms with Gasteiger partial charge in [-0.1, -0.05) is 11.6 Å². The van der Waals surface area contributed by atoms with Gasteiger partial charge in [-0.25, -0.2) is 4.98 Å². The van der Waals surface area contributed by atoms with Gasteiger partial charge in [-0.3, -0.25) is 4.68 Å². The van der Waals surface area contributed by atoms with E-state index >= 15 is 0 Å². The average Bonchev–Trinajstić information content (AvgIpc) is 2.72. The third-order valence-electron chi connectivity index (χ3n) is 4.07. The second-order valence-corrected chi connectivity index (χ2v) is 7.44. The molecule has 0 unspecified atom stereocenters. The van der Waals surface area contributed by atoms with Crippen molar-refractivity contribution in [3.8, 4) is 0 Å². The predicted molar refractivity (Wildman–Crippen MR) is 95.6 cm³/mol. The van der Waals surface area contributed by atoms with Crippen molar-refractivity contribution in [1.29, 1.82) is 0 Å². The molecule has 0 aromatic carbocycles. The van der Waals surface area contributed by atoms with Crippen LogP contribution in [0.5, 0.6) is 0 Å². The zero-order chi connectivity index (χ0) is 17.6. The van der Waals surface area contributed by atoms with E-state index in [-0.39, 0.29) is 11.2 Å². The van der Waals surface area contributed by atoms with Crippen molar-refractivity contribution in [2.75, 3.05) is 31.6 Å². The maximum atomic E-state index is 12.9. The van der Waals surface area contributed by atoms with E-state index in [0.29, 0.717) is 27.0 Å². The van der Waals surface area contributed by atoms with Gasteiger partial charge in [0.05, 0.1) is 5.69 Å². The zero-order valence-electron chi connectivity index (χ0n) is 13.1. The Balaban J connectivity index is 2.15.